The molecule has 4 rings (SSSR count). The number of alkyl halides is 1. The number of nitriles is 1. The first-order valence-corrected chi connectivity index (χ1v) is 11.4. The second-order valence-electron chi connectivity index (χ2n) is 7.52. The lowest BCUT2D eigenvalue weighted by molar-refractivity contribution is 0.343. The molecule has 0 unspecified atom stereocenters. The highest BCUT2D eigenvalue weighted by Gasteiger charge is 2.32. The Morgan fingerprint density at radius 2 is 2.03 bits per heavy atom. The number of nitrogens with one attached hydrogen (secondary N) is 1. The van der Waals surface area contributed by atoms with E-state index in [-0.39, 0.29) is 42.1 Å². The Labute approximate surface area is 193 Å². The van der Waals surface area contributed by atoms with Crippen LogP contribution in [0.1, 0.15) is 12.0 Å². The maximum atomic E-state index is 14.7. The fourth-order valence-corrected chi connectivity index (χ4v) is 4.88. The zero-order valence-corrected chi connectivity index (χ0v) is 18.9. The summed E-state index contributed by atoms with van der Waals surface area (Å²) in [6.45, 7) is -0.348. The van der Waals surface area contributed by atoms with E-state index in [9.17, 15) is 27.3 Å². The Hall–Kier alpha value is -3.76. The number of hydrogen-bond donors (Lipinski definition) is 1. The van der Waals surface area contributed by atoms with E-state index in [1.807, 2.05) is 0 Å². The molecule has 1 fully saturated rings. The standard InChI is InChI=1S/C21H19F2N5O5S/c1-27-11-25-16-5-6-17(20(32-2)18(16)21(27)29)33-19-13(9-24)15(4-3-14(19)23)26-34(30,31)28-8-7-12(22)10-28/h3-6,11-12,26H,7-8,10H2,1-2H3/t12-/m1/s1. The Bertz CT molecular complexity index is 1490. The van der Waals surface area contributed by atoms with Crippen LogP contribution in [0.5, 0.6) is 17.2 Å². The summed E-state index contributed by atoms with van der Waals surface area (Å²) in [5.74, 6) is -1.65. The van der Waals surface area contributed by atoms with Crippen molar-refractivity contribution in [2.75, 3.05) is 24.9 Å². The molecular formula is C21H19F2N5O5S. The van der Waals surface area contributed by atoms with Gasteiger partial charge in [0.1, 0.15) is 23.2 Å². The number of benzene rings is 2. The molecule has 1 atom stereocenters. The number of rotatable bonds is 6. The van der Waals surface area contributed by atoms with Crippen LogP contribution in [0, 0.1) is 17.1 Å². The van der Waals surface area contributed by atoms with Gasteiger partial charge in [0.15, 0.2) is 23.1 Å². The molecule has 0 radical (unpaired) electrons. The van der Waals surface area contributed by atoms with Crippen molar-refractivity contribution < 1.29 is 26.7 Å². The smallest absolute Gasteiger partial charge is 0.301 e. The summed E-state index contributed by atoms with van der Waals surface area (Å²) in [7, 11) is -1.41. The molecule has 2 heterocycles. The first-order chi connectivity index (χ1) is 16.2. The van der Waals surface area contributed by atoms with E-state index in [1.165, 1.54) is 37.2 Å². The molecule has 0 bridgehead atoms. The first kappa shape index (κ1) is 23.4. The summed E-state index contributed by atoms with van der Waals surface area (Å²) in [4.78, 5) is 16.8. The number of methoxy groups -OCH3 is 1. The van der Waals surface area contributed by atoms with E-state index < -0.39 is 39.1 Å². The van der Waals surface area contributed by atoms with Crippen LogP contribution in [0.2, 0.25) is 0 Å². The Balaban J connectivity index is 1.78. The van der Waals surface area contributed by atoms with Gasteiger partial charge in [-0.05, 0) is 30.7 Å². The van der Waals surface area contributed by atoms with E-state index in [2.05, 4.69) is 9.71 Å². The monoisotopic (exact) mass is 491 g/mol. The minimum absolute atomic E-state index is 0.0276. The molecule has 0 aliphatic carbocycles. The van der Waals surface area contributed by atoms with Crippen molar-refractivity contribution in [2.45, 2.75) is 12.6 Å². The van der Waals surface area contributed by atoms with Gasteiger partial charge in [-0.25, -0.2) is 13.8 Å². The molecule has 1 saturated heterocycles. The Kier molecular flexibility index (Phi) is 6.11. The number of ether oxygens (including phenoxy) is 2. The fourth-order valence-electron chi connectivity index (χ4n) is 3.60. The van der Waals surface area contributed by atoms with Crippen LogP contribution in [0.3, 0.4) is 0 Å². The van der Waals surface area contributed by atoms with Crippen molar-refractivity contribution >= 4 is 26.8 Å². The molecule has 0 saturated carbocycles. The lowest BCUT2D eigenvalue weighted by atomic mass is 10.1. The minimum Gasteiger partial charge on any atom is -0.492 e. The van der Waals surface area contributed by atoms with Gasteiger partial charge in [0.05, 0.1) is 24.6 Å². The van der Waals surface area contributed by atoms with Gasteiger partial charge >= 0.3 is 10.2 Å². The minimum atomic E-state index is -4.20. The quantitative estimate of drug-likeness (QED) is 0.561. The van der Waals surface area contributed by atoms with Gasteiger partial charge in [0.25, 0.3) is 5.56 Å². The average Bonchev–Trinajstić information content (AvgIpc) is 3.25. The van der Waals surface area contributed by atoms with Gasteiger partial charge in [-0.3, -0.25) is 9.52 Å². The molecule has 3 aromatic rings. The van der Waals surface area contributed by atoms with Crippen LogP contribution in [0.4, 0.5) is 14.5 Å². The van der Waals surface area contributed by atoms with Crippen LogP contribution in [-0.2, 0) is 17.3 Å². The summed E-state index contributed by atoms with van der Waals surface area (Å²) in [6, 6.07) is 6.58. The molecule has 1 aromatic heterocycles. The number of fused-ring (bicyclic) bond motifs is 1. The lowest BCUT2D eigenvalue weighted by Crippen LogP contribution is -2.34. The van der Waals surface area contributed by atoms with Crippen LogP contribution >= 0.6 is 0 Å². The van der Waals surface area contributed by atoms with Gasteiger partial charge in [-0.1, -0.05) is 0 Å². The zero-order chi connectivity index (χ0) is 24.6. The molecule has 1 aliphatic heterocycles. The molecule has 34 heavy (non-hydrogen) atoms. The van der Waals surface area contributed by atoms with E-state index in [4.69, 9.17) is 9.47 Å². The highest BCUT2D eigenvalue weighted by Crippen LogP contribution is 2.40. The number of hydrogen-bond acceptors (Lipinski definition) is 7. The van der Waals surface area contributed by atoms with Crippen LogP contribution in [0.15, 0.2) is 35.4 Å². The highest BCUT2D eigenvalue weighted by atomic mass is 32.2. The van der Waals surface area contributed by atoms with Crippen LogP contribution in [-0.4, -0.2) is 48.6 Å². The van der Waals surface area contributed by atoms with Crippen molar-refractivity contribution in [3.05, 3.63) is 52.3 Å². The predicted molar refractivity (Wildman–Crippen MR) is 118 cm³/mol. The maximum absolute atomic E-state index is 14.7. The third kappa shape index (κ3) is 4.13. The topological polar surface area (TPSA) is 127 Å². The SMILES string of the molecule is COc1c(Oc2c(F)ccc(NS(=O)(=O)N3CC[C@@H](F)C3)c2C#N)ccc2ncn(C)c(=O)c12. The zero-order valence-electron chi connectivity index (χ0n) is 18.1. The number of halogens is 2. The number of aryl methyl sites for hydroxylation is 1. The second kappa shape index (κ2) is 8.88. The van der Waals surface area contributed by atoms with Gasteiger partial charge in [0, 0.05) is 20.1 Å². The largest absolute Gasteiger partial charge is 0.492 e. The third-order valence-electron chi connectivity index (χ3n) is 5.31. The van der Waals surface area contributed by atoms with Crippen molar-refractivity contribution in [3.8, 4) is 23.3 Å². The number of nitrogens with zero attached hydrogens (tertiary/aromatic N) is 4. The first-order valence-electron chi connectivity index (χ1n) is 10.0. The van der Waals surface area contributed by atoms with Crippen molar-refractivity contribution in [1.82, 2.24) is 13.9 Å². The summed E-state index contributed by atoms with van der Waals surface area (Å²) in [6.07, 6.45) is 0.0978. The summed E-state index contributed by atoms with van der Waals surface area (Å²) < 4.78 is 68.8. The van der Waals surface area contributed by atoms with Crippen LogP contribution < -0.4 is 19.8 Å². The molecule has 1 aliphatic rings. The normalized spacial score (nSPS) is 16.4. The average molecular weight is 491 g/mol. The third-order valence-corrected chi connectivity index (χ3v) is 6.80. The summed E-state index contributed by atoms with van der Waals surface area (Å²) >= 11 is 0. The fraction of sp³-hybridized carbons (Fsp3) is 0.286. The number of anilines is 1. The van der Waals surface area contributed by atoms with Crippen LogP contribution in [0.25, 0.3) is 10.9 Å². The van der Waals surface area contributed by atoms with E-state index in [1.54, 1.807) is 6.07 Å². The van der Waals surface area contributed by atoms with E-state index in [0.717, 1.165) is 16.4 Å². The van der Waals surface area contributed by atoms with Gasteiger partial charge in [-0.2, -0.15) is 18.0 Å². The summed E-state index contributed by atoms with van der Waals surface area (Å²) in [5, 5.41) is 9.76. The van der Waals surface area contributed by atoms with Gasteiger partial charge in [-0.15, -0.1) is 0 Å². The molecule has 13 heteroatoms. The Morgan fingerprint density at radius 1 is 1.26 bits per heavy atom. The molecule has 10 nitrogen and oxygen atoms in total. The van der Waals surface area contributed by atoms with Crippen molar-refractivity contribution in [1.29, 1.82) is 5.26 Å². The Morgan fingerprint density at radius 3 is 2.68 bits per heavy atom. The van der Waals surface area contributed by atoms with E-state index >= 15 is 0 Å². The highest BCUT2D eigenvalue weighted by molar-refractivity contribution is 7.90. The molecule has 1 N–H and O–H groups in total. The molecule has 0 spiro atoms. The molecule has 178 valence electrons. The molecule has 2 aromatic carbocycles. The predicted octanol–water partition coefficient (Wildman–Crippen LogP) is 2.45. The second-order valence-corrected chi connectivity index (χ2v) is 9.19. The van der Waals surface area contributed by atoms with Gasteiger partial charge < -0.3 is 14.0 Å². The molecule has 0 amide bonds. The lowest BCUT2D eigenvalue weighted by Gasteiger charge is -2.19. The van der Waals surface area contributed by atoms with Gasteiger partial charge in [0.2, 0.25) is 0 Å². The van der Waals surface area contributed by atoms with Crippen molar-refractivity contribution in [3.63, 3.8) is 0 Å². The summed E-state index contributed by atoms with van der Waals surface area (Å²) in [5.41, 5.74) is -0.822. The van der Waals surface area contributed by atoms with E-state index in [0.29, 0.717) is 5.52 Å². The maximum Gasteiger partial charge on any atom is 0.301 e. The molecular weight excluding hydrogens is 472 g/mol. The van der Waals surface area contributed by atoms with Crippen molar-refractivity contribution in [2.24, 2.45) is 7.05 Å². The number of aromatic nitrogens is 2.